The van der Waals surface area contributed by atoms with Gasteiger partial charge in [-0.2, -0.15) is 0 Å². The average molecular weight is 404 g/mol. The number of aliphatic hydroxyl groups is 1. The van der Waals surface area contributed by atoms with Crippen molar-refractivity contribution in [2.24, 2.45) is 0 Å². The van der Waals surface area contributed by atoms with Gasteiger partial charge in [-0.25, -0.2) is 9.78 Å². The van der Waals surface area contributed by atoms with E-state index in [1.54, 1.807) is 29.4 Å². The van der Waals surface area contributed by atoms with E-state index in [9.17, 15) is 4.79 Å². The quantitative estimate of drug-likeness (QED) is 0.456. The molecule has 1 fully saturated rings. The molecular formula is C22H24N6O2. The van der Waals surface area contributed by atoms with Gasteiger partial charge in [-0.15, -0.1) is 0 Å². The van der Waals surface area contributed by atoms with Crippen molar-refractivity contribution in [3.63, 3.8) is 0 Å². The van der Waals surface area contributed by atoms with Crippen molar-refractivity contribution in [2.75, 3.05) is 6.61 Å². The van der Waals surface area contributed by atoms with Crippen LogP contribution >= 0.6 is 0 Å². The maximum atomic E-state index is 13.2. The topological polar surface area (TPSA) is 90.8 Å². The minimum Gasteiger partial charge on any atom is -0.396 e. The Hall–Kier alpha value is -3.26. The molecule has 1 N–H and O–H groups in total. The third-order valence-corrected chi connectivity index (χ3v) is 5.60. The summed E-state index contributed by atoms with van der Waals surface area (Å²) in [7, 11) is 0. The lowest BCUT2D eigenvalue weighted by Crippen LogP contribution is -2.25. The Balaban J connectivity index is 1.56. The monoisotopic (exact) mass is 404 g/mol. The highest BCUT2D eigenvalue weighted by Crippen LogP contribution is 2.36. The lowest BCUT2D eigenvalue weighted by atomic mass is 10.2. The molecule has 0 unspecified atom stereocenters. The molecule has 154 valence electrons. The van der Waals surface area contributed by atoms with Crippen LogP contribution in [0.5, 0.6) is 0 Å². The number of fused-ring (bicyclic) bond motifs is 1. The third-order valence-electron chi connectivity index (χ3n) is 5.60. The van der Waals surface area contributed by atoms with Crippen LogP contribution < -0.4 is 5.69 Å². The van der Waals surface area contributed by atoms with Crippen LogP contribution in [0.1, 0.15) is 37.5 Å². The Morgan fingerprint density at radius 3 is 2.70 bits per heavy atom. The van der Waals surface area contributed by atoms with E-state index in [4.69, 9.17) is 10.1 Å². The number of imidazole rings is 2. The molecule has 8 nitrogen and oxygen atoms in total. The molecule has 4 aromatic rings. The zero-order valence-corrected chi connectivity index (χ0v) is 16.7. The van der Waals surface area contributed by atoms with E-state index in [1.165, 1.54) is 0 Å². The minimum atomic E-state index is -0.00617. The van der Waals surface area contributed by atoms with Gasteiger partial charge in [-0.3, -0.25) is 19.1 Å². The van der Waals surface area contributed by atoms with E-state index in [0.717, 1.165) is 60.3 Å². The lowest BCUT2D eigenvalue weighted by molar-refractivity contribution is 0.281. The zero-order chi connectivity index (χ0) is 20.5. The molecule has 4 aromatic heterocycles. The first-order chi connectivity index (χ1) is 14.8. The van der Waals surface area contributed by atoms with E-state index in [2.05, 4.69) is 14.5 Å². The summed E-state index contributed by atoms with van der Waals surface area (Å²) in [6.45, 7) is 1.27. The number of aromatic nitrogens is 6. The highest BCUT2D eigenvalue weighted by atomic mass is 16.3. The van der Waals surface area contributed by atoms with Crippen LogP contribution in [0.2, 0.25) is 0 Å². The summed E-state index contributed by atoms with van der Waals surface area (Å²) < 4.78 is 5.76. The molecular weight excluding hydrogens is 380 g/mol. The predicted octanol–water partition coefficient (Wildman–Crippen LogP) is 2.61. The molecule has 0 aliphatic heterocycles. The fourth-order valence-electron chi connectivity index (χ4n) is 3.93. The average Bonchev–Trinajstić information content (AvgIpc) is 3.47. The molecule has 0 spiro atoms. The summed E-state index contributed by atoms with van der Waals surface area (Å²) in [5.74, 6) is 0.813. The van der Waals surface area contributed by atoms with Gasteiger partial charge < -0.3 is 9.67 Å². The fraction of sp³-hybridized carbons (Fsp3) is 0.364. The predicted molar refractivity (Wildman–Crippen MR) is 113 cm³/mol. The Bertz CT molecular complexity index is 1220. The second-order valence-corrected chi connectivity index (χ2v) is 7.74. The van der Waals surface area contributed by atoms with Crippen molar-refractivity contribution in [1.29, 1.82) is 0 Å². The summed E-state index contributed by atoms with van der Waals surface area (Å²) in [6, 6.07) is 6.07. The summed E-state index contributed by atoms with van der Waals surface area (Å²) in [5, 5.41) is 9.16. The number of hydrogen-bond donors (Lipinski definition) is 1. The molecule has 8 heteroatoms. The summed E-state index contributed by atoms with van der Waals surface area (Å²) in [5.41, 5.74) is 3.53. The Morgan fingerprint density at radius 2 is 1.93 bits per heavy atom. The summed E-state index contributed by atoms with van der Waals surface area (Å²) >= 11 is 0. The second kappa shape index (κ2) is 7.87. The van der Waals surface area contributed by atoms with E-state index in [1.807, 2.05) is 29.0 Å². The first kappa shape index (κ1) is 18.7. The minimum absolute atomic E-state index is 0.00617. The third kappa shape index (κ3) is 3.43. The molecule has 1 aliphatic rings. The van der Waals surface area contributed by atoms with E-state index >= 15 is 0 Å². The molecule has 30 heavy (non-hydrogen) atoms. The van der Waals surface area contributed by atoms with Gasteiger partial charge in [0.2, 0.25) is 0 Å². The fourth-order valence-corrected chi connectivity index (χ4v) is 3.93. The Morgan fingerprint density at radius 1 is 1.07 bits per heavy atom. The summed E-state index contributed by atoms with van der Waals surface area (Å²) in [4.78, 5) is 26.5. The van der Waals surface area contributed by atoms with E-state index in [0.29, 0.717) is 12.6 Å². The first-order valence-electron chi connectivity index (χ1n) is 10.4. The highest BCUT2D eigenvalue weighted by Gasteiger charge is 2.29. The van der Waals surface area contributed by atoms with Gasteiger partial charge in [0, 0.05) is 49.5 Å². The van der Waals surface area contributed by atoms with Crippen molar-refractivity contribution in [2.45, 2.75) is 44.8 Å². The summed E-state index contributed by atoms with van der Waals surface area (Å²) in [6.07, 6.45) is 12.7. The van der Waals surface area contributed by atoms with Crippen LogP contribution in [0.4, 0.5) is 0 Å². The molecule has 0 atom stereocenters. The molecule has 1 saturated carbocycles. The van der Waals surface area contributed by atoms with Crippen molar-refractivity contribution < 1.29 is 5.11 Å². The molecule has 0 aromatic carbocycles. The van der Waals surface area contributed by atoms with Gasteiger partial charge in [-0.05, 0) is 43.9 Å². The van der Waals surface area contributed by atoms with Gasteiger partial charge >= 0.3 is 5.69 Å². The van der Waals surface area contributed by atoms with Crippen LogP contribution in [0.15, 0.2) is 54.0 Å². The number of pyridine rings is 2. The number of unbranched alkanes of at least 4 members (excludes halogenated alkanes) is 1. The molecule has 0 radical (unpaired) electrons. The van der Waals surface area contributed by atoms with Crippen LogP contribution in [0, 0.1) is 0 Å². The number of hydrogen-bond acceptors (Lipinski definition) is 5. The normalized spacial score (nSPS) is 13.9. The van der Waals surface area contributed by atoms with Gasteiger partial charge in [0.05, 0.1) is 29.5 Å². The highest BCUT2D eigenvalue weighted by molar-refractivity contribution is 5.75. The molecule has 0 amide bonds. The van der Waals surface area contributed by atoms with Crippen LogP contribution in [-0.2, 0) is 13.1 Å². The SMILES string of the molecule is O=c1n(Cc2nc(-c3cccnc3)cn2CCCCO)c2cnccc2n1C1CC1. The maximum absolute atomic E-state index is 13.2. The number of nitrogens with zero attached hydrogens (tertiary/aromatic N) is 6. The molecule has 4 heterocycles. The molecule has 1 aliphatic carbocycles. The Labute approximate surface area is 173 Å². The standard InChI is InChI=1S/C22H24N6O2/c29-11-2-1-10-26-14-18(16-4-3-8-23-12-16)25-21(26)15-27-20-13-24-9-7-19(20)28(22(27)30)17-5-6-17/h3-4,7-9,12-14,17,29H,1-2,5-6,10-11,15H2. The van der Waals surface area contributed by atoms with Crippen LogP contribution in [0.25, 0.3) is 22.3 Å². The zero-order valence-electron chi connectivity index (χ0n) is 16.7. The molecule has 5 rings (SSSR count). The number of aliphatic hydroxyl groups excluding tert-OH is 1. The molecule has 0 saturated heterocycles. The molecule has 0 bridgehead atoms. The van der Waals surface area contributed by atoms with Crippen molar-refractivity contribution in [1.82, 2.24) is 28.7 Å². The van der Waals surface area contributed by atoms with Crippen molar-refractivity contribution >= 4 is 11.0 Å². The van der Waals surface area contributed by atoms with Gasteiger partial charge in [0.25, 0.3) is 0 Å². The largest absolute Gasteiger partial charge is 0.396 e. The van der Waals surface area contributed by atoms with Crippen LogP contribution in [-0.4, -0.2) is 40.4 Å². The van der Waals surface area contributed by atoms with Crippen molar-refractivity contribution in [3.05, 3.63) is 65.5 Å². The maximum Gasteiger partial charge on any atom is 0.329 e. The lowest BCUT2D eigenvalue weighted by Gasteiger charge is -2.08. The van der Waals surface area contributed by atoms with Crippen LogP contribution in [0.3, 0.4) is 0 Å². The number of aryl methyl sites for hydroxylation is 1. The van der Waals surface area contributed by atoms with E-state index < -0.39 is 0 Å². The van der Waals surface area contributed by atoms with Gasteiger partial charge in [0.15, 0.2) is 0 Å². The Kier molecular flexibility index (Phi) is 4.92. The first-order valence-corrected chi connectivity index (χ1v) is 10.4. The van der Waals surface area contributed by atoms with Gasteiger partial charge in [-0.1, -0.05) is 0 Å². The smallest absolute Gasteiger partial charge is 0.329 e. The second-order valence-electron chi connectivity index (χ2n) is 7.74. The van der Waals surface area contributed by atoms with Crippen molar-refractivity contribution in [3.8, 4) is 11.3 Å². The number of rotatable bonds is 8. The van der Waals surface area contributed by atoms with Gasteiger partial charge in [0.1, 0.15) is 5.82 Å². The van der Waals surface area contributed by atoms with E-state index in [-0.39, 0.29) is 12.3 Å².